The van der Waals surface area contributed by atoms with Crippen LogP contribution in [0, 0.1) is 0 Å². The maximum absolute atomic E-state index is 5.76. The van der Waals surface area contributed by atoms with Crippen LogP contribution in [0.15, 0.2) is 48.9 Å². The summed E-state index contributed by atoms with van der Waals surface area (Å²) in [5, 5.41) is 1.30. The highest BCUT2D eigenvalue weighted by Crippen LogP contribution is 2.27. The summed E-state index contributed by atoms with van der Waals surface area (Å²) in [7, 11) is 0. The zero-order chi connectivity index (χ0) is 12.4. The molecule has 0 saturated carbocycles. The van der Waals surface area contributed by atoms with Crippen molar-refractivity contribution < 1.29 is 4.74 Å². The van der Waals surface area contributed by atoms with Gasteiger partial charge in [-0.3, -0.25) is 9.97 Å². The first-order valence-electron chi connectivity index (χ1n) is 5.32. The lowest BCUT2D eigenvalue weighted by atomic mass is 10.2. The van der Waals surface area contributed by atoms with E-state index in [9.17, 15) is 0 Å². The maximum Gasteiger partial charge on any atom is 0.239 e. The molecule has 0 aliphatic carbocycles. The largest absolute Gasteiger partial charge is 0.435 e. The summed E-state index contributed by atoms with van der Waals surface area (Å²) in [6, 6.07) is 9.55. The molecule has 1 aromatic carbocycles. The number of hydrogen-bond acceptors (Lipinski definition) is 4. The molecule has 3 aromatic rings. The van der Waals surface area contributed by atoms with Crippen LogP contribution >= 0.6 is 11.6 Å². The molecule has 0 amide bonds. The third-order valence-electron chi connectivity index (χ3n) is 2.39. The quantitative estimate of drug-likeness (QED) is 0.705. The zero-order valence-corrected chi connectivity index (χ0v) is 10.0. The predicted molar refractivity (Wildman–Crippen MR) is 68.9 cm³/mol. The molecule has 3 rings (SSSR count). The molecule has 0 atom stereocenters. The first kappa shape index (κ1) is 10.9. The summed E-state index contributed by atoms with van der Waals surface area (Å²) in [5.41, 5.74) is 0.779. The van der Waals surface area contributed by atoms with Gasteiger partial charge in [0.15, 0.2) is 10.9 Å². The van der Waals surface area contributed by atoms with Crippen molar-refractivity contribution in [3.63, 3.8) is 0 Å². The number of fused-ring (bicyclic) bond motifs is 1. The van der Waals surface area contributed by atoms with Crippen LogP contribution < -0.4 is 4.74 Å². The number of halogens is 1. The fourth-order valence-corrected chi connectivity index (χ4v) is 1.79. The van der Waals surface area contributed by atoms with Crippen molar-refractivity contribution in [3.8, 4) is 11.6 Å². The molecule has 2 aromatic heterocycles. The van der Waals surface area contributed by atoms with E-state index in [-0.39, 0.29) is 0 Å². The van der Waals surface area contributed by atoms with E-state index in [0.29, 0.717) is 16.8 Å². The summed E-state index contributed by atoms with van der Waals surface area (Å²) in [5.74, 6) is 0.977. The molecule has 0 aliphatic heterocycles. The normalized spacial score (nSPS) is 10.5. The third-order valence-corrected chi connectivity index (χ3v) is 2.58. The number of ether oxygens (including phenoxy) is 1. The Bertz CT molecular complexity index is 697. The van der Waals surface area contributed by atoms with Crippen LogP contribution in [0.2, 0.25) is 5.15 Å². The highest BCUT2D eigenvalue weighted by atomic mass is 35.5. The van der Waals surface area contributed by atoms with Crippen molar-refractivity contribution in [2.75, 3.05) is 0 Å². The van der Waals surface area contributed by atoms with Crippen LogP contribution in [-0.4, -0.2) is 15.0 Å². The van der Waals surface area contributed by atoms with E-state index < -0.39 is 0 Å². The second-order valence-electron chi connectivity index (χ2n) is 3.61. The van der Waals surface area contributed by atoms with Gasteiger partial charge in [0.2, 0.25) is 5.88 Å². The highest BCUT2D eigenvalue weighted by Gasteiger charge is 2.05. The second-order valence-corrected chi connectivity index (χ2v) is 4.00. The molecular weight excluding hydrogens is 250 g/mol. The summed E-state index contributed by atoms with van der Waals surface area (Å²) in [6.07, 6.45) is 4.68. The van der Waals surface area contributed by atoms with Crippen LogP contribution in [0.3, 0.4) is 0 Å². The summed E-state index contributed by atoms with van der Waals surface area (Å²) < 4.78 is 5.65. The molecule has 0 N–H and O–H groups in total. The number of nitrogens with zero attached hydrogens (tertiary/aromatic N) is 3. The lowest BCUT2D eigenvalue weighted by Gasteiger charge is -2.06. The van der Waals surface area contributed by atoms with Crippen molar-refractivity contribution >= 4 is 22.5 Å². The van der Waals surface area contributed by atoms with Gasteiger partial charge in [-0.05, 0) is 12.1 Å². The molecule has 18 heavy (non-hydrogen) atoms. The molecule has 0 fully saturated rings. The average Bonchev–Trinajstić information content (AvgIpc) is 2.39. The minimum Gasteiger partial charge on any atom is -0.435 e. The molecule has 0 radical (unpaired) electrons. The van der Waals surface area contributed by atoms with Gasteiger partial charge in [-0.15, -0.1) is 0 Å². The van der Waals surface area contributed by atoms with E-state index in [1.807, 2.05) is 30.3 Å². The molecule has 88 valence electrons. The Kier molecular flexibility index (Phi) is 2.78. The van der Waals surface area contributed by atoms with Crippen LogP contribution in [0.4, 0.5) is 0 Å². The monoisotopic (exact) mass is 257 g/mol. The molecule has 5 heteroatoms. The standard InChI is InChI=1S/C13H8ClN3O/c14-11-7-15-8-12(17-11)18-10-5-1-3-9-4-2-6-16-13(9)10/h1-8H. The minimum atomic E-state index is 0.292. The SMILES string of the molecule is Clc1cncc(Oc2cccc3cccnc23)n1. The molecule has 0 aliphatic rings. The number of aromatic nitrogens is 3. The molecule has 0 bridgehead atoms. The Balaban J connectivity index is 2.05. The van der Waals surface area contributed by atoms with Crippen LogP contribution in [0.5, 0.6) is 11.6 Å². The Morgan fingerprint density at radius 2 is 1.94 bits per heavy atom. The Morgan fingerprint density at radius 1 is 1.06 bits per heavy atom. The fraction of sp³-hybridized carbons (Fsp3) is 0. The first-order valence-corrected chi connectivity index (χ1v) is 5.70. The van der Waals surface area contributed by atoms with Crippen molar-refractivity contribution in [1.82, 2.24) is 15.0 Å². The van der Waals surface area contributed by atoms with E-state index in [4.69, 9.17) is 16.3 Å². The molecule has 0 unspecified atom stereocenters. The highest BCUT2D eigenvalue weighted by molar-refractivity contribution is 6.29. The van der Waals surface area contributed by atoms with E-state index in [0.717, 1.165) is 10.9 Å². The number of benzene rings is 1. The van der Waals surface area contributed by atoms with E-state index in [1.54, 1.807) is 6.20 Å². The Morgan fingerprint density at radius 3 is 2.83 bits per heavy atom. The van der Waals surface area contributed by atoms with E-state index in [1.165, 1.54) is 12.4 Å². The van der Waals surface area contributed by atoms with Crippen LogP contribution in [0.25, 0.3) is 10.9 Å². The second kappa shape index (κ2) is 4.58. The van der Waals surface area contributed by atoms with E-state index in [2.05, 4.69) is 15.0 Å². The van der Waals surface area contributed by atoms with Crippen LogP contribution in [0.1, 0.15) is 0 Å². The summed E-state index contributed by atoms with van der Waals surface area (Å²) >= 11 is 5.76. The van der Waals surface area contributed by atoms with Gasteiger partial charge in [-0.2, -0.15) is 4.98 Å². The van der Waals surface area contributed by atoms with Crippen LogP contribution in [-0.2, 0) is 0 Å². The number of pyridine rings is 1. The maximum atomic E-state index is 5.76. The molecule has 0 spiro atoms. The topological polar surface area (TPSA) is 47.9 Å². The number of para-hydroxylation sites is 1. The Hall–Kier alpha value is -2.20. The fourth-order valence-electron chi connectivity index (χ4n) is 1.65. The van der Waals surface area contributed by atoms with Gasteiger partial charge in [-0.25, -0.2) is 0 Å². The zero-order valence-electron chi connectivity index (χ0n) is 9.25. The number of rotatable bonds is 2. The first-order chi connectivity index (χ1) is 8.83. The van der Waals surface area contributed by atoms with Crippen molar-refractivity contribution in [3.05, 3.63) is 54.1 Å². The third kappa shape index (κ3) is 2.10. The smallest absolute Gasteiger partial charge is 0.239 e. The van der Waals surface area contributed by atoms with Crippen molar-refractivity contribution in [2.45, 2.75) is 0 Å². The van der Waals surface area contributed by atoms with Crippen molar-refractivity contribution in [1.29, 1.82) is 0 Å². The molecule has 4 nitrogen and oxygen atoms in total. The Labute approximate surface area is 108 Å². The van der Waals surface area contributed by atoms with Gasteiger partial charge < -0.3 is 4.74 Å². The van der Waals surface area contributed by atoms with Gasteiger partial charge >= 0.3 is 0 Å². The predicted octanol–water partition coefficient (Wildman–Crippen LogP) is 3.47. The van der Waals surface area contributed by atoms with Gasteiger partial charge in [0, 0.05) is 11.6 Å². The lowest BCUT2D eigenvalue weighted by molar-refractivity contribution is 0.464. The molecule has 2 heterocycles. The molecular formula is C13H8ClN3O. The van der Waals surface area contributed by atoms with Gasteiger partial charge in [0.1, 0.15) is 5.52 Å². The van der Waals surface area contributed by atoms with Gasteiger partial charge in [-0.1, -0.05) is 29.8 Å². The minimum absolute atomic E-state index is 0.292. The summed E-state index contributed by atoms with van der Waals surface area (Å²) in [4.78, 5) is 12.2. The lowest BCUT2D eigenvalue weighted by Crippen LogP contribution is -1.91. The molecule has 0 saturated heterocycles. The average molecular weight is 258 g/mol. The van der Waals surface area contributed by atoms with Gasteiger partial charge in [0.05, 0.1) is 12.4 Å². The van der Waals surface area contributed by atoms with E-state index >= 15 is 0 Å². The number of hydrogen-bond donors (Lipinski definition) is 0. The van der Waals surface area contributed by atoms with Gasteiger partial charge in [0.25, 0.3) is 0 Å². The van der Waals surface area contributed by atoms with Crippen molar-refractivity contribution in [2.24, 2.45) is 0 Å². The summed E-state index contributed by atoms with van der Waals surface area (Å²) in [6.45, 7) is 0.